The zero-order chi connectivity index (χ0) is 14.5. The van der Waals surface area contributed by atoms with Gasteiger partial charge in [0.05, 0.1) is 22.2 Å². The van der Waals surface area contributed by atoms with Crippen molar-refractivity contribution in [1.82, 2.24) is 0 Å². The van der Waals surface area contributed by atoms with Gasteiger partial charge in [-0.05, 0) is 19.1 Å². The summed E-state index contributed by atoms with van der Waals surface area (Å²) in [4.78, 5) is 10.9. The number of nitrogens with zero attached hydrogens (tertiary/aromatic N) is 1. The van der Waals surface area contributed by atoms with Crippen molar-refractivity contribution in [2.45, 2.75) is 11.8 Å². The molecule has 0 radical (unpaired) electrons. The third-order valence-corrected chi connectivity index (χ3v) is 4.49. The van der Waals surface area contributed by atoms with Gasteiger partial charge in [-0.3, -0.25) is 10.1 Å². The molecule has 0 saturated heterocycles. The number of thioether (sulfide) groups is 1. The Morgan fingerprint density at radius 1 is 1.47 bits per heavy atom. The van der Waals surface area contributed by atoms with E-state index >= 15 is 0 Å². The summed E-state index contributed by atoms with van der Waals surface area (Å²) < 4.78 is 26.8. The summed E-state index contributed by atoms with van der Waals surface area (Å²) in [6.07, 6.45) is 0. The van der Waals surface area contributed by atoms with Crippen LogP contribution < -0.4 is 4.74 Å². The molecule has 0 atom stereocenters. The zero-order valence-electron chi connectivity index (χ0n) is 10.0. The highest BCUT2D eigenvalue weighted by Crippen LogP contribution is 2.37. The molecule has 0 amide bonds. The summed E-state index contributed by atoms with van der Waals surface area (Å²) in [5.74, 6) is 0.0588. The quantitative estimate of drug-likeness (QED) is 0.331. The molecule has 0 fully saturated rings. The van der Waals surface area contributed by atoms with Crippen molar-refractivity contribution in [3.63, 3.8) is 0 Å². The molecule has 1 aromatic carbocycles. The minimum absolute atomic E-state index is 0.141. The maximum absolute atomic E-state index is 11.0. The minimum Gasteiger partial charge on any atom is -0.487 e. The van der Waals surface area contributed by atoms with E-state index in [1.807, 2.05) is 0 Å². The molecule has 9 heteroatoms. The molecule has 0 aliphatic carbocycles. The Morgan fingerprint density at radius 2 is 2.16 bits per heavy atom. The van der Waals surface area contributed by atoms with Crippen molar-refractivity contribution in [1.29, 1.82) is 0 Å². The van der Waals surface area contributed by atoms with Gasteiger partial charge in [0.25, 0.3) is 0 Å². The Labute approximate surface area is 119 Å². The van der Waals surface area contributed by atoms with Crippen LogP contribution >= 0.6 is 22.4 Å². The molecular weight excluding hydrogens is 314 g/mol. The molecule has 0 spiro atoms. The Hall–Kier alpha value is -0.990. The Kier molecular flexibility index (Phi) is 5.89. The van der Waals surface area contributed by atoms with Gasteiger partial charge in [0.15, 0.2) is 5.75 Å². The Balaban J connectivity index is 2.93. The van der Waals surface area contributed by atoms with Crippen LogP contribution in [0.3, 0.4) is 0 Å². The highest BCUT2D eigenvalue weighted by Gasteiger charge is 2.21. The molecule has 0 aliphatic rings. The van der Waals surface area contributed by atoms with Gasteiger partial charge in [-0.2, -0.15) is 0 Å². The first-order valence-electron chi connectivity index (χ1n) is 5.30. The van der Waals surface area contributed by atoms with E-state index in [0.717, 1.165) is 11.8 Å². The number of rotatable bonds is 7. The molecule has 1 rings (SSSR count). The molecule has 0 aromatic heterocycles. The van der Waals surface area contributed by atoms with Crippen molar-refractivity contribution in [3.05, 3.63) is 28.3 Å². The first-order valence-corrected chi connectivity index (χ1v) is 8.77. The van der Waals surface area contributed by atoms with Crippen LogP contribution in [0.2, 0.25) is 0 Å². The lowest BCUT2D eigenvalue weighted by molar-refractivity contribution is -0.388. The second kappa shape index (κ2) is 6.97. The van der Waals surface area contributed by atoms with Gasteiger partial charge in [0, 0.05) is 16.4 Å². The van der Waals surface area contributed by atoms with Crippen LogP contribution in [0.25, 0.3) is 0 Å². The lowest BCUT2D eigenvalue weighted by Crippen LogP contribution is -2.02. The average molecular weight is 326 g/mol. The van der Waals surface area contributed by atoms with E-state index in [2.05, 4.69) is 0 Å². The molecule has 0 saturated carbocycles. The molecule has 0 aliphatic heterocycles. The summed E-state index contributed by atoms with van der Waals surface area (Å²) >= 11 is 1.06. The molecule has 106 valence electrons. The molecule has 0 heterocycles. The maximum atomic E-state index is 11.0. The van der Waals surface area contributed by atoms with E-state index in [1.165, 1.54) is 6.07 Å². The summed E-state index contributed by atoms with van der Waals surface area (Å²) in [5.41, 5.74) is -0.152. The van der Waals surface area contributed by atoms with E-state index in [1.54, 1.807) is 19.1 Å². The third kappa shape index (κ3) is 5.25. The fraction of sp³-hybridized carbons (Fsp3) is 0.400. The number of benzene rings is 1. The number of hydrogen-bond acceptors (Lipinski definition) is 6. The van der Waals surface area contributed by atoms with Crippen LogP contribution in [0.5, 0.6) is 5.75 Å². The summed E-state index contributed by atoms with van der Waals surface area (Å²) in [6.45, 7) is 2.04. The number of halogens is 1. The van der Waals surface area contributed by atoms with Gasteiger partial charge in [0.2, 0.25) is 9.05 Å². The number of para-hydroxylation sites is 1. The number of hydrogen-bond donors (Lipinski definition) is 0. The predicted octanol–water partition coefficient (Wildman–Crippen LogP) is 2.65. The second-order valence-corrected chi connectivity index (χ2v) is 7.42. The van der Waals surface area contributed by atoms with Crippen LogP contribution in [0.15, 0.2) is 23.1 Å². The van der Waals surface area contributed by atoms with Gasteiger partial charge >= 0.3 is 5.69 Å². The van der Waals surface area contributed by atoms with E-state index in [0.29, 0.717) is 11.5 Å². The van der Waals surface area contributed by atoms with E-state index in [-0.39, 0.29) is 22.9 Å². The topological polar surface area (TPSA) is 86.5 Å². The fourth-order valence-corrected chi connectivity index (χ4v) is 3.72. The molecule has 19 heavy (non-hydrogen) atoms. The summed E-state index contributed by atoms with van der Waals surface area (Å²) in [5, 5.41) is 11.0. The fourth-order valence-electron chi connectivity index (χ4n) is 1.32. The summed E-state index contributed by atoms with van der Waals surface area (Å²) in [6, 6.07) is 4.67. The first kappa shape index (κ1) is 16.1. The monoisotopic (exact) mass is 325 g/mol. The van der Waals surface area contributed by atoms with Crippen LogP contribution in [0.4, 0.5) is 5.69 Å². The smallest absolute Gasteiger partial charge is 0.324 e. The van der Waals surface area contributed by atoms with Crippen molar-refractivity contribution in [2.75, 3.05) is 18.1 Å². The van der Waals surface area contributed by atoms with E-state index in [4.69, 9.17) is 15.4 Å². The molecular formula is C10H12ClNO5S2. The first-order chi connectivity index (χ1) is 8.85. The lowest BCUT2D eigenvalue weighted by atomic mass is 10.3. The highest BCUT2D eigenvalue weighted by atomic mass is 35.7. The standard InChI is InChI=1S/C10H12ClNO5S2/c1-2-17-8-4-3-5-9(10(8)12(13)14)18-6-7-19(11,15)16/h3-5H,2,6-7H2,1H3. The Bertz CT molecular complexity index is 561. The molecule has 0 bridgehead atoms. The SMILES string of the molecule is CCOc1cccc(SCCS(=O)(=O)Cl)c1[N+](=O)[O-]. The zero-order valence-corrected chi connectivity index (χ0v) is 12.4. The van der Waals surface area contributed by atoms with Crippen LogP contribution in [0, 0.1) is 10.1 Å². The van der Waals surface area contributed by atoms with E-state index < -0.39 is 14.0 Å². The van der Waals surface area contributed by atoms with Gasteiger partial charge in [-0.25, -0.2) is 8.42 Å². The molecule has 0 unspecified atom stereocenters. The van der Waals surface area contributed by atoms with Crippen molar-refractivity contribution < 1.29 is 18.1 Å². The van der Waals surface area contributed by atoms with Crippen molar-refractivity contribution in [3.8, 4) is 5.75 Å². The minimum atomic E-state index is -3.60. The largest absolute Gasteiger partial charge is 0.487 e. The number of nitro groups is 1. The normalized spacial score (nSPS) is 11.3. The van der Waals surface area contributed by atoms with Gasteiger partial charge < -0.3 is 4.74 Å². The summed E-state index contributed by atoms with van der Waals surface area (Å²) in [7, 11) is 1.49. The average Bonchev–Trinajstić information content (AvgIpc) is 2.27. The van der Waals surface area contributed by atoms with Crippen LogP contribution in [-0.4, -0.2) is 31.5 Å². The number of ether oxygens (including phenoxy) is 1. The lowest BCUT2D eigenvalue weighted by Gasteiger charge is -2.07. The van der Waals surface area contributed by atoms with Gasteiger partial charge in [0.1, 0.15) is 0 Å². The van der Waals surface area contributed by atoms with Gasteiger partial charge in [-0.1, -0.05) is 6.07 Å². The number of nitro benzene ring substituents is 1. The maximum Gasteiger partial charge on any atom is 0.324 e. The van der Waals surface area contributed by atoms with Gasteiger partial charge in [-0.15, -0.1) is 11.8 Å². The highest BCUT2D eigenvalue weighted by molar-refractivity contribution is 8.14. The molecule has 0 N–H and O–H groups in total. The Morgan fingerprint density at radius 3 is 2.68 bits per heavy atom. The molecule has 6 nitrogen and oxygen atoms in total. The van der Waals surface area contributed by atoms with Crippen molar-refractivity contribution in [2.24, 2.45) is 0 Å². The van der Waals surface area contributed by atoms with E-state index in [9.17, 15) is 18.5 Å². The van der Waals surface area contributed by atoms with Crippen LogP contribution in [0.1, 0.15) is 6.92 Å². The second-order valence-electron chi connectivity index (χ2n) is 3.38. The third-order valence-electron chi connectivity index (χ3n) is 2.03. The molecule has 1 aromatic rings. The van der Waals surface area contributed by atoms with Crippen LogP contribution in [-0.2, 0) is 9.05 Å². The predicted molar refractivity (Wildman–Crippen MR) is 74.6 cm³/mol. The van der Waals surface area contributed by atoms with Crippen molar-refractivity contribution >= 4 is 37.2 Å².